The summed E-state index contributed by atoms with van der Waals surface area (Å²) in [6, 6.07) is 3.82. The molecule has 0 spiro atoms. The number of oxazole rings is 1. The summed E-state index contributed by atoms with van der Waals surface area (Å²) in [7, 11) is 0. The highest BCUT2D eigenvalue weighted by Gasteiger charge is 2.16. The maximum absolute atomic E-state index is 11.8. The molecule has 0 aliphatic rings. The van der Waals surface area contributed by atoms with E-state index in [1.165, 1.54) is 11.3 Å². The number of aryl methyl sites for hydroxylation is 1. The second-order valence-electron chi connectivity index (χ2n) is 4.87. The molecule has 0 aromatic carbocycles. The number of hydrogen-bond acceptors (Lipinski definition) is 5. The Hall–Kier alpha value is -2.15. The molecule has 2 rings (SSSR count). The number of nitrogens with one attached hydrogen (secondary N) is 2. The van der Waals surface area contributed by atoms with E-state index in [0.29, 0.717) is 17.3 Å². The minimum Gasteiger partial charge on any atom is -0.440 e. The van der Waals surface area contributed by atoms with Gasteiger partial charge in [0.05, 0.1) is 17.0 Å². The predicted molar refractivity (Wildman–Crippen MR) is 79.4 cm³/mol. The molecular formula is C14H17N3O3S. The van der Waals surface area contributed by atoms with Crippen LogP contribution in [0.1, 0.15) is 25.3 Å². The van der Waals surface area contributed by atoms with Crippen LogP contribution >= 0.6 is 11.3 Å². The second-order valence-corrected chi connectivity index (χ2v) is 5.82. The van der Waals surface area contributed by atoms with Crippen molar-refractivity contribution < 1.29 is 14.0 Å². The lowest BCUT2D eigenvalue weighted by atomic mass is 10.2. The third-order valence-corrected chi connectivity index (χ3v) is 3.66. The molecule has 0 bridgehead atoms. The normalized spacial score (nSPS) is 10.7. The highest BCUT2D eigenvalue weighted by atomic mass is 32.1. The zero-order valence-corrected chi connectivity index (χ0v) is 12.9. The first-order chi connectivity index (χ1) is 9.97. The summed E-state index contributed by atoms with van der Waals surface area (Å²) in [5, 5.41) is 1.93. The molecule has 2 amide bonds. The number of nitrogens with zero attached hydrogens (tertiary/aromatic N) is 1. The Labute approximate surface area is 126 Å². The molecule has 2 N–H and O–H groups in total. The number of rotatable bonds is 4. The van der Waals surface area contributed by atoms with Gasteiger partial charge >= 0.3 is 0 Å². The van der Waals surface area contributed by atoms with Gasteiger partial charge in [-0.1, -0.05) is 19.9 Å². The average molecular weight is 307 g/mol. The van der Waals surface area contributed by atoms with Gasteiger partial charge in [-0.2, -0.15) is 0 Å². The molecule has 2 heterocycles. The Morgan fingerprint density at radius 3 is 2.76 bits per heavy atom. The van der Waals surface area contributed by atoms with Crippen molar-refractivity contribution in [3.8, 4) is 10.8 Å². The Morgan fingerprint density at radius 1 is 1.38 bits per heavy atom. The quantitative estimate of drug-likeness (QED) is 0.847. The molecule has 21 heavy (non-hydrogen) atoms. The summed E-state index contributed by atoms with van der Waals surface area (Å²) in [6.07, 6.45) is 0.0546. The molecule has 0 saturated heterocycles. The van der Waals surface area contributed by atoms with Crippen LogP contribution in [0.4, 0.5) is 0 Å². The molecule has 0 aliphatic carbocycles. The molecule has 0 atom stereocenters. The van der Waals surface area contributed by atoms with Crippen LogP contribution in [0.3, 0.4) is 0 Å². The van der Waals surface area contributed by atoms with Gasteiger partial charge < -0.3 is 4.42 Å². The Kier molecular flexibility index (Phi) is 4.74. The van der Waals surface area contributed by atoms with Gasteiger partial charge in [0.15, 0.2) is 0 Å². The van der Waals surface area contributed by atoms with Gasteiger partial charge in [-0.25, -0.2) is 4.98 Å². The minimum absolute atomic E-state index is 0.0546. The van der Waals surface area contributed by atoms with Crippen molar-refractivity contribution in [2.75, 3.05) is 0 Å². The third-order valence-electron chi connectivity index (χ3n) is 2.80. The van der Waals surface area contributed by atoms with Crippen molar-refractivity contribution in [3.05, 3.63) is 29.0 Å². The SMILES string of the molecule is Cc1oc(-c2cccs2)nc1CC(=O)NNC(=O)C(C)C. The van der Waals surface area contributed by atoms with Crippen LogP contribution in [0.2, 0.25) is 0 Å². The number of aromatic nitrogens is 1. The highest BCUT2D eigenvalue weighted by Crippen LogP contribution is 2.25. The standard InChI is InChI=1S/C14H17N3O3S/c1-8(2)13(19)17-16-12(18)7-10-9(3)20-14(15-10)11-5-4-6-21-11/h4-6,8H,7H2,1-3H3,(H,16,18)(H,17,19). The van der Waals surface area contributed by atoms with E-state index in [2.05, 4.69) is 15.8 Å². The maximum Gasteiger partial charge on any atom is 0.244 e. The van der Waals surface area contributed by atoms with E-state index < -0.39 is 0 Å². The lowest BCUT2D eigenvalue weighted by Crippen LogP contribution is -2.44. The minimum atomic E-state index is -0.335. The van der Waals surface area contributed by atoms with Gasteiger partial charge in [0.2, 0.25) is 17.7 Å². The molecular weight excluding hydrogens is 290 g/mol. The zero-order chi connectivity index (χ0) is 15.4. The van der Waals surface area contributed by atoms with Gasteiger partial charge in [-0.15, -0.1) is 11.3 Å². The number of carbonyl (C=O) groups excluding carboxylic acids is 2. The van der Waals surface area contributed by atoms with Gasteiger partial charge in [0.25, 0.3) is 0 Å². The van der Waals surface area contributed by atoms with Crippen LogP contribution in [0, 0.1) is 12.8 Å². The van der Waals surface area contributed by atoms with E-state index in [9.17, 15) is 9.59 Å². The first kappa shape index (κ1) is 15.2. The molecule has 7 heteroatoms. The molecule has 6 nitrogen and oxygen atoms in total. The van der Waals surface area contributed by atoms with E-state index >= 15 is 0 Å². The zero-order valence-electron chi connectivity index (χ0n) is 12.1. The fourth-order valence-corrected chi connectivity index (χ4v) is 2.22. The fraction of sp³-hybridized carbons (Fsp3) is 0.357. The largest absolute Gasteiger partial charge is 0.440 e. The van der Waals surface area contributed by atoms with Gasteiger partial charge in [0.1, 0.15) is 5.76 Å². The highest BCUT2D eigenvalue weighted by molar-refractivity contribution is 7.13. The summed E-state index contributed by atoms with van der Waals surface area (Å²) in [5.74, 6) is 0.349. The molecule has 0 radical (unpaired) electrons. The Morgan fingerprint density at radius 2 is 2.14 bits per heavy atom. The fourth-order valence-electron chi connectivity index (χ4n) is 1.57. The number of thiophene rings is 1. The number of amides is 2. The van der Waals surface area contributed by atoms with Crippen LogP contribution in [0.5, 0.6) is 0 Å². The van der Waals surface area contributed by atoms with Crippen LogP contribution in [0.15, 0.2) is 21.9 Å². The van der Waals surface area contributed by atoms with E-state index in [1.54, 1.807) is 20.8 Å². The van der Waals surface area contributed by atoms with Crippen LogP contribution < -0.4 is 10.9 Å². The van der Waals surface area contributed by atoms with Crippen molar-refractivity contribution in [2.45, 2.75) is 27.2 Å². The predicted octanol–water partition coefficient (Wildman–Crippen LogP) is 2.06. The topological polar surface area (TPSA) is 84.2 Å². The van der Waals surface area contributed by atoms with Crippen molar-refractivity contribution in [3.63, 3.8) is 0 Å². The van der Waals surface area contributed by atoms with E-state index in [4.69, 9.17) is 4.42 Å². The summed E-state index contributed by atoms with van der Waals surface area (Å²) >= 11 is 1.52. The van der Waals surface area contributed by atoms with Crippen molar-refractivity contribution in [1.82, 2.24) is 15.8 Å². The van der Waals surface area contributed by atoms with E-state index in [-0.39, 0.29) is 24.2 Å². The number of hydrogen-bond donors (Lipinski definition) is 2. The van der Waals surface area contributed by atoms with Crippen LogP contribution in [0.25, 0.3) is 10.8 Å². The van der Waals surface area contributed by atoms with Crippen LogP contribution in [-0.4, -0.2) is 16.8 Å². The average Bonchev–Trinajstić information content (AvgIpc) is 3.06. The van der Waals surface area contributed by atoms with E-state index in [0.717, 1.165) is 4.88 Å². The Balaban J connectivity index is 1.97. The van der Waals surface area contributed by atoms with Gasteiger partial charge in [-0.05, 0) is 18.4 Å². The van der Waals surface area contributed by atoms with Crippen LogP contribution in [-0.2, 0) is 16.0 Å². The third kappa shape index (κ3) is 3.91. The number of hydrazine groups is 1. The molecule has 2 aromatic rings. The lowest BCUT2D eigenvalue weighted by molar-refractivity contribution is -0.130. The molecule has 0 saturated carbocycles. The first-order valence-electron chi connectivity index (χ1n) is 6.56. The molecule has 2 aromatic heterocycles. The van der Waals surface area contributed by atoms with Crippen molar-refractivity contribution >= 4 is 23.2 Å². The summed E-state index contributed by atoms with van der Waals surface area (Å²) in [5.41, 5.74) is 5.29. The lowest BCUT2D eigenvalue weighted by Gasteiger charge is -2.08. The monoisotopic (exact) mass is 307 g/mol. The van der Waals surface area contributed by atoms with E-state index in [1.807, 2.05) is 17.5 Å². The van der Waals surface area contributed by atoms with Crippen molar-refractivity contribution in [1.29, 1.82) is 0 Å². The smallest absolute Gasteiger partial charge is 0.244 e. The summed E-state index contributed by atoms with van der Waals surface area (Å²) < 4.78 is 5.56. The summed E-state index contributed by atoms with van der Waals surface area (Å²) in [6.45, 7) is 5.26. The second kappa shape index (κ2) is 6.53. The van der Waals surface area contributed by atoms with Gasteiger partial charge in [0, 0.05) is 5.92 Å². The van der Waals surface area contributed by atoms with Crippen molar-refractivity contribution in [2.24, 2.45) is 5.92 Å². The van der Waals surface area contributed by atoms with Gasteiger partial charge in [-0.3, -0.25) is 20.4 Å². The summed E-state index contributed by atoms with van der Waals surface area (Å²) in [4.78, 5) is 28.4. The molecule has 0 fully saturated rings. The molecule has 112 valence electrons. The first-order valence-corrected chi connectivity index (χ1v) is 7.44. The number of carbonyl (C=O) groups is 2. The Bertz CT molecular complexity index is 632. The molecule has 0 unspecified atom stereocenters. The molecule has 0 aliphatic heterocycles. The maximum atomic E-state index is 11.8.